The molecule has 5 aliphatic rings. The molecule has 0 N–H and O–H groups in total. The second-order valence-electron chi connectivity index (χ2n) is 7.83. The van der Waals surface area contributed by atoms with Gasteiger partial charge in [-0.05, 0) is 68.4 Å². The van der Waals surface area contributed by atoms with Crippen LogP contribution in [-0.4, -0.2) is 5.91 Å². The molecule has 0 spiro atoms. The fourth-order valence-corrected chi connectivity index (χ4v) is 5.88. The number of amides is 1. The Labute approximate surface area is 131 Å². The zero-order chi connectivity index (χ0) is 14.7. The van der Waals surface area contributed by atoms with E-state index in [2.05, 4.69) is 5.43 Å². The van der Waals surface area contributed by atoms with Crippen molar-refractivity contribution in [1.82, 2.24) is 5.43 Å². The van der Waals surface area contributed by atoms with Gasteiger partial charge in [-0.25, -0.2) is 5.01 Å². The summed E-state index contributed by atoms with van der Waals surface area (Å²) in [5, 5.41) is 1.79. The van der Waals surface area contributed by atoms with Gasteiger partial charge in [-0.2, -0.15) is 0 Å². The third kappa shape index (κ3) is 1.77. The maximum Gasteiger partial charge on any atom is 0.292 e. The van der Waals surface area contributed by atoms with Gasteiger partial charge in [0.1, 0.15) is 0 Å². The van der Waals surface area contributed by atoms with Gasteiger partial charge < -0.3 is 0 Å². The van der Waals surface area contributed by atoms with Crippen LogP contribution >= 0.6 is 0 Å². The maximum atomic E-state index is 12.6. The molecular weight excluding hydrogens is 272 g/mol. The van der Waals surface area contributed by atoms with Gasteiger partial charge in [0.25, 0.3) is 5.91 Å². The van der Waals surface area contributed by atoms with E-state index in [9.17, 15) is 4.79 Å². The summed E-state index contributed by atoms with van der Waals surface area (Å²) in [7, 11) is 0. The molecule has 1 heterocycles. The maximum absolute atomic E-state index is 12.6. The van der Waals surface area contributed by atoms with Crippen molar-refractivity contribution in [2.24, 2.45) is 23.2 Å². The standard InChI is InChI=1S/C19H21N2O/c22-18-17(12-21(20-18)16-4-2-1-3-5-16)19-9-13-6-14(10-19)8-15(7-13)11-19/h1-5,12-15H,6-11H2. The monoisotopic (exact) mass is 293 g/mol. The average molecular weight is 293 g/mol. The summed E-state index contributed by atoms with van der Waals surface area (Å²) in [5.74, 6) is 2.56. The summed E-state index contributed by atoms with van der Waals surface area (Å²) in [6.45, 7) is 0. The first kappa shape index (κ1) is 12.7. The molecule has 6 rings (SSSR count). The molecule has 1 radical (unpaired) electrons. The molecule has 0 unspecified atom stereocenters. The van der Waals surface area contributed by atoms with Crippen LogP contribution in [0.5, 0.6) is 0 Å². The molecule has 4 saturated carbocycles. The molecule has 1 amide bonds. The number of para-hydroxylation sites is 1. The first-order valence-electron chi connectivity index (χ1n) is 8.54. The van der Waals surface area contributed by atoms with Crippen LogP contribution in [0.25, 0.3) is 0 Å². The number of anilines is 1. The highest BCUT2D eigenvalue weighted by Crippen LogP contribution is 2.63. The minimum atomic E-state index is 0.00537. The topological polar surface area (TPSA) is 34.4 Å². The fourth-order valence-electron chi connectivity index (χ4n) is 5.88. The average Bonchev–Trinajstić information content (AvgIpc) is 2.90. The van der Waals surface area contributed by atoms with Crippen molar-refractivity contribution in [3.05, 3.63) is 42.1 Å². The van der Waals surface area contributed by atoms with Gasteiger partial charge in [-0.3, -0.25) is 4.79 Å². The Kier molecular flexibility index (Phi) is 2.53. The second kappa shape index (κ2) is 4.37. The molecule has 4 bridgehead atoms. The number of hydrogen-bond acceptors (Lipinski definition) is 2. The van der Waals surface area contributed by atoms with Crippen molar-refractivity contribution in [1.29, 1.82) is 0 Å². The Morgan fingerprint density at radius 2 is 1.55 bits per heavy atom. The zero-order valence-electron chi connectivity index (χ0n) is 12.7. The van der Waals surface area contributed by atoms with Crippen LogP contribution in [0, 0.1) is 23.2 Å². The van der Waals surface area contributed by atoms with Gasteiger partial charge in [0.15, 0.2) is 0 Å². The van der Waals surface area contributed by atoms with Gasteiger partial charge in [-0.1, -0.05) is 18.2 Å². The predicted octanol–water partition coefficient (Wildman–Crippen LogP) is 3.65. The number of carbonyl (C=O) groups excluding carboxylic acids is 1. The summed E-state index contributed by atoms with van der Waals surface area (Å²) in [6, 6.07) is 9.99. The minimum Gasteiger partial charge on any atom is -0.265 e. The van der Waals surface area contributed by atoms with Crippen LogP contribution < -0.4 is 10.4 Å². The summed E-state index contributed by atoms with van der Waals surface area (Å²) in [5.41, 5.74) is 6.41. The van der Waals surface area contributed by atoms with E-state index in [-0.39, 0.29) is 11.3 Å². The summed E-state index contributed by atoms with van der Waals surface area (Å²) in [4.78, 5) is 12.6. The van der Waals surface area contributed by atoms with Gasteiger partial charge in [0.05, 0.1) is 5.69 Å². The highest BCUT2D eigenvalue weighted by Gasteiger charge is 2.55. The van der Waals surface area contributed by atoms with Crippen LogP contribution in [0.4, 0.5) is 5.69 Å². The summed E-state index contributed by atoms with van der Waals surface area (Å²) in [6.07, 6.45) is 9.89. The van der Waals surface area contributed by atoms with Crippen LogP contribution in [-0.2, 0) is 4.79 Å². The Morgan fingerprint density at radius 3 is 2.14 bits per heavy atom. The van der Waals surface area contributed by atoms with E-state index in [1.54, 1.807) is 5.01 Å². The fraction of sp³-hybridized carbons (Fsp3) is 0.526. The molecule has 113 valence electrons. The van der Waals surface area contributed by atoms with E-state index in [0.29, 0.717) is 0 Å². The van der Waals surface area contributed by atoms with Crippen molar-refractivity contribution in [3.8, 4) is 0 Å². The Balaban J connectivity index is 1.51. The van der Waals surface area contributed by atoms with E-state index in [0.717, 1.165) is 29.0 Å². The molecule has 4 fully saturated rings. The van der Waals surface area contributed by atoms with E-state index >= 15 is 0 Å². The minimum absolute atomic E-state index is 0.00537. The Hall–Kier alpha value is -1.77. The predicted molar refractivity (Wildman–Crippen MR) is 84.8 cm³/mol. The number of rotatable bonds is 2. The summed E-state index contributed by atoms with van der Waals surface area (Å²) >= 11 is 0. The quantitative estimate of drug-likeness (QED) is 0.834. The molecule has 0 atom stereocenters. The van der Waals surface area contributed by atoms with Crippen LogP contribution in [0.3, 0.4) is 0 Å². The van der Waals surface area contributed by atoms with Crippen molar-refractivity contribution >= 4 is 11.6 Å². The number of carbonyl (C=O) groups is 1. The van der Waals surface area contributed by atoms with Crippen LogP contribution in [0.15, 0.2) is 42.1 Å². The molecule has 3 nitrogen and oxygen atoms in total. The summed E-state index contributed by atoms with van der Waals surface area (Å²) < 4.78 is 0. The molecule has 0 aromatic heterocycles. The third-order valence-corrected chi connectivity index (χ3v) is 6.31. The lowest BCUT2D eigenvalue weighted by Crippen LogP contribution is -2.48. The molecule has 3 heteroatoms. The number of nitrogens with zero attached hydrogens (tertiary/aromatic N) is 2. The largest absolute Gasteiger partial charge is 0.292 e. The normalized spacial score (nSPS) is 39.1. The van der Waals surface area contributed by atoms with E-state index < -0.39 is 0 Å². The van der Waals surface area contributed by atoms with Crippen molar-refractivity contribution in [2.45, 2.75) is 38.5 Å². The highest BCUT2D eigenvalue weighted by molar-refractivity contribution is 5.99. The van der Waals surface area contributed by atoms with Crippen LogP contribution in [0.2, 0.25) is 0 Å². The van der Waals surface area contributed by atoms with Crippen molar-refractivity contribution < 1.29 is 4.79 Å². The van der Waals surface area contributed by atoms with Gasteiger partial charge >= 0.3 is 0 Å². The molecular formula is C19H21N2O. The smallest absolute Gasteiger partial charge is 0.265 e. The van der Waals surface area contributed by atoms with Gasteiger partial charge in [0.2, 0.25) is 0 Å². The van der Waals surface area contributed by atoms with Crippen molar-refractivity contribution in [3.63, 3.8) is 0 Å². The SMILES string of the molecule is O=C1[N]N(c2ccccc2)C=C1C12CC3CC(CC(C3)C1)C2. The van der Waals surface area contributed by atoms with Gasteiger partial charge in [0, 0.05) is 17.2 Å². The highest BCUT2D eigenvalue weighted by atomic mass is 16.2. The second-order valence-corrected chi connectivity index (χ2v) is 7.83. The molecule has 22 heavy (non-hydrogen) atoms. The van der Waals surface area contributed by atoms with E-state index in [4.69, 9.17) is 0 Å². The molecule has 1 aromatic carbocycles. The molecule has 1 aromatic rings. The number of benzene rings is 1. The molecule has 1 aliphatic heterocycles. The first-order chi connectivity index (χ1) is 10.7. The Morgan fingerprint density at radius 1 is 0.955 bits per heavy atom. The lowest BCUT2D eigenvalue weighted by Gasteiger charge is -2.56. The third-order valence-electron chi connectivity index (χ3n) is 6.31. The van der Waals surface area contributed by atoms with E-state index in [1.807, 2.05) is 36.5 Å². The Bertz CT molecular complexity index is 613. The first-order valence-corrected chi connectivity index (χ1v) is 8.54. The van der Waals surface area contributed by atoms with Crippen LogP contribution in [0.1, 0.15) is 38.5 Å². The lowest BCUT2D eigenvalue weighted by molar-refractivity contribution is -0.120. The molecule has 0 saturated heterocycles. The lowest BCUT2D eigenvalue weighted by atomic mass is 9.48. The van der Waals surface area contributed by atoms with Gasteiger partial charge in [-0.15, -0.1) is 5.43 Å². The zero-order valence-corrected chi connectivity index (χ0v) is 12.7. The van der Waals surface area contributed by atoms with Crippen molar-refractivity contribution in [2.75, 3.05) is 5.01 Å². The molecule has 4 aliphatic carbocycles. The number of hydrogen-bond donors (Lipinski definition) is 0. The van der Waals surface area contributed by atoms with E-state index in [1.165, 1.54) is 38.5 Å².